The van der Waals surface area contributed by atoms with E-state index in [1.807, 2.05) is 73.7 Å². The van der Waals surface area contributed by atoms with Crippen LogP contribution in [0.2, 0.25) is 0 Å². The third kappa shape index (κ3) is 5.42. The molecule has 1 heterocycles. The van der Waals surface area contributed by atoms with Crippen LogP contribution in [0.25, 0.3) is 10.8 Å². The zero-order valence-corrected chi connectivity index (χ0v) is 20.5. The van der Waals surface area contributed by atoms with E-state index in [1.54, 1.807) is 13.3 Å². The van der Waals surface area contributed by atoms with Gasteiger partial charge in [0.25, 0.3) is 0 Å². The summed E-state index contributed by atoms with van der Waals surface area (Å²) >= 11 is 3.46. The van der Waals surface area contributed by atoms with E-state index in [0.29, 0.717) is 30.3 Å². The van der Waals surface area contributed by atoms with E-state index in [0.717, 1.165) is 37.6 Å². The lowest BCUT2D eigenvalue weighted by molar-refractivity contribution is 0.184. The van der Waals surface area contributed by atoms with E-state index in [1.165, 1.54) is 0 Å². The van der Waals surface area contributed by atoms with Crippen LogP contribution in [-0.4, -0.2) is 18.3 Å². The van der Waals surface area contributed by atoms with Crippen molar-refractivity contribution in [1.29, 1.82) is 5.26 Å². The number of benzene rings is 3. The molecule has 0 bridgehead atoms. The molecule has 0 unspecified atom stereocenters. The van der Waals surface area contributed by atoms with Gasteiger partial charge in [0.1, 0.15) is 24.0 Å². The summed E-state index contributed by atoms with van der Waals surface area (Å²) in [6, 6.07) is 24.1. The molecule has 0 saturated carbocycles. The van der Waals surface area contributed by atoms with Crippen molar-refractivity contribution in [3.8, 4) is 11.8 Å². The summed E-state index contributed by atoms with van der Waals surface area (Å²) in [5.74, 6) is 1.10. The number of nitrogens with one attached hydrogen (secondary N) is 1. The maximum Gasteiger partial charge on any atom is 0.164 e. The van der Waals surface area contributed by atoms with Crippen molar-refractivity contribution in [1.82, 2.24) is 4.98 Å². The van der Waals surface area contributed by atoms with Crippen LogP contribution in [0.4, 0.5) is 5.82 Å². The van der Waals surface area contributed by atoms with Crippen molar-refractivity contribution >= 4 is 38.7 Å². The molecule has 0 saturated heterocycles. The maximum absolute atomic E-state index is 9.65. The predicted octanol–water partition coefficient (Wildman–Crippen LogP) is 6.35. The number of aromatic nitrogens is 1. The van der Waals surface area contributed by atoms with Crippen molar-refractivity contribution in [2.45, 2.75) is 20.1 Å². The molecule has 0 amide bonds. The summed E-state index contributed by atoms with van der Waals surface area (Å²) in [5, 5.41) is 16.2. The molecular formula is C27H23BrN4O2. The predicted molar refractivity (Wildman–Crippen MR) is 138 cm³/mol. The van der Waals surface area contributed by atoms with Gasteiger partial charge in [0, 0.05) is 28.4 Å². The Bertz CT molecular complexity index is 1380. The molecule has 0 aliphatic rings. The van der Waals surface area contributed by atoms with E-state index in [4.69, 9.17) is 9.47 Å². The van der Waals surface area contributed by atoms with Crippen LogP contribution in [0, 0.1) is 18.3 Å². The van der Waals surface area contributed by atoms with Gasteiger partial charge in [-0.25, -0.2) is 4.98 Å². The second-order valence-electron chi connectivity index (χ2n) is 7.67. The number of halogens is 1. The first-order valence-electron chi connectivity index (χ1n) is 10.7. The summed E-state index contributed by atoms with van der Waals surface area (Å²) in [5.41, 5.74) is 6.79. The van der Waals surface area contributed by atoms with Gasteiger partial charge in [-0.1, -0.05) is 58.4 Å². The van der Waals surface area contributed by atoms with Crippen LogP contribution in [0.3, 0.4) is 0 Å². The van der Waals surface area contributed by atoms with E-state index in [2.05, 4.69) is 37.5 Å². The van der Waals surface area contributed by atoms with Gasteiger partial charge >= 0.3 is 0 Å². The van der Waals surface area contributed by atoms with E-state index in [9.17, 15) is 5.26 Å². The first-order chi connectivity index (χ1) is 16.6. The van der Waals surface area contributed by atoms with Gasteiger partial charge in [-0.15, -0.1) is 0 Å². The number of hydrogen-bond donors (Lipinski definition) is 1. The molecule has 0 aliphatic carbocycles. The molecule has 6 nitrogen and oxygen atoms in total. The molecule has 4 aromatic rings. The van der Waals surface area contributed by atoms with Crippen molar-refractivity contribution in [2.24, 2.45) is 5.10 Å². The molecule has 3 aromatic carbocycles. The van der Waals surface area contributed by atoms with E-state index >= 15 is 0 Å². The van der Waals surface area contributed by atoms with Crippen LogP contribution in [0.1, 0.15) is 27.9 Å². The summed E-state index contributed by atoms with van der Waals surface area (Å²) in [6.07, 6.45) is 1.71. The lowest BCUT2D eigenvalue weighted by Crippen LogP contribution is -2.04. The van der Waals surface area contributed by atoms with Crippen molar-refractivity contribution in [3.05, 3.63) is 99.2 Å². The van der Waals surface area contributed by atoms with Crippen molar-refractivity contribution < 1.29 is 9.47 Å². The van der Waals surface area contributed by atoms with Crippen LogP contribution < -0.4 is 10.2 Å². The fourth-order valence-electron chi connectivity index (χ4n) is 3.65. The van der Waals surface area contributed by atoms with Crippen LogP contribution in [-0.2, 0) is 18.0 Å². The summed E-state index contributed by atoms with van der Waals surface area (Å²) in [7, 11) is 1.60. The molecule has 1 N–H and O–H groups in total. The SMILES string of the molecule is COCc1cc(C)nc(N/N=C\c2c(OCc3ccc(Br)cc3)ccc3ccccc23)c1C#N. The zero-order valence-electron chi connectivity index (χ0n) is 18.9. The lowest BCUT2D eigenvalue weighted by atomic mass is 10.0. The molecule has 0 radical (unpaired) electrons. The van der Waals surface area contributed by atoms with Gasteiger partial charge in [0.15, 0.2) is 5.82 Å². The summed E-state index contributed by atoms with van der Waals surface area (Å²) in [4.78, 5) is 4.45. The largest absolute Gasteiger partial charge is 0.488 e. The third-order valence-electron chi connectivity index (χ3n) is 5.24. The van der Waals surface area contributed by atoms with Gasteiger partial charge in [-0.3, -0.25) is 5.43 Å². The molecule has 0 spiro atoms. The first kappa shape index (κ1) is 23.4. The number of rotatable bonds is 8. The first-order valence-corrected chi connectivity index (χ1v) is 11.5. The highest BCUT2D eigenvalue weighted by molar-refractivity contribution is 9.10. The Balaban J connectivity index is 1.65. The quantitative estimate of drug-likeness (QED) is 0.219. The Labute approximate surface area is 207 Å². The fourth-order valence-corrected chi connectivity index (χ4v) is 3.91. The number of methoxy groups -OCH3 is 1. The Hall–Kier alpha value is -3.73. The summed E-state index contributed by atoms with van der Waals surface area (Å²) in [6.45, 7) is 2.62. The average Bonchev–Trinajstić information content (AvgIpc) is 2.84. The standard InChI is InChI=1S/C27H23BrN4O2/c1-18-13-21(17-33-2)24(14-29)27(31-18)32-30-15-25-23-6-4-3-5-20(23)9-12-26(25)34-16-19-7-10-22(28)11-8-19/h3-13,15H,16-17H2,1-2H3,(H,31,32)/b30-15-. The lowest BCUT2D eigenvalue weighted by Gasteiger charge is -2.12. The zero-order chi connectivity index (χ0) is 23.9. The minimum Gasteiger partial charge on any atom is -0.488 e. The van der Waals surface area contributed by atoms with Crippen LogP contribution >= 0.6 is 15.9 Å². The smallest absolute Gasteiger partial charge is 0.164 e. The number of anilines is 1. The molecule has 1 aromatic heterocycles. The van der Waals surface area contributed by atoms with Gasteiger partial charge in [0.05, 0.1) is 12.8 Å². The molecule has 0 atom stereocenters. The van der Waals surface area contributed by atoms with Gasteiger partial charge in [-0.05, 0) is 47.5 Å². The normalized spacial score (nSPS) is 11.0. The highest BCUT2D eigenvalue weighted by atomic mass is 79.9. The Kier molecular flexibility index (Phi) is 7.53. The highest BCUT2D eigenvalue weighted by Gasteiger charge is 2.12. The molecular weight excluding hydrogens is 492 g/mol. The second-order valence-corrected chi connectivity index (χ2v) is 8.59. The number of aryl methyl sites for hydroxylation is 1. The van der Waals surface area contributed by atoms with Gasteiger partial charge in [0.2, 0.25) is 0 Å². The molecule has 0 fully saturated rings. The summed E-state index contributed by atoms with van der Waals surface area (Å²) < 4.78 is 12.4. The fraction of sp³-hybridized carbons (Fsp3) is 0.148. The minimum absolute atomic E-state index is 0.321. The third-order valence-corrected chi connectivity index (χ3v) is 5.77. The minimum atomic E-state index is 0.321. The number of hydrogen-bond acceptors (Lipinski definition) is 6. The monoisotopic (exact) mass is 514 g/mol. The van der Waals surface area contributed by atoms with Gasteiger partial charge in [-0.2, -0.15) is 10.4 Å². The molecule has 0 aliphatic heterocycles. The topological polar surface area (TPSA) is 79.5 Å². The van der Waals surface area contributed by atoms with E-state index in [-0.39, 0.29) is 0 Å². The Morgan fingerprint density at radius 1 is 1.09 bits per heavy atom. The number of ether oxygens (including phenoxy) is 2. The van der Waals surface area contributed by atoms with E-state index < -0.39 is 0 Å². The number of fused-ring (bicyclic) bond motifs is 1. The number of nitrogens with zero attached hydrogens (tertiary/aromatic N) is 3. The number of nitriles is 1. The highest BCUT2D eigenvalue weighted by Crippen LogP contribution is 2.28. The Morgan fingerprint density at radius 3 is 2.65 bits per heavy atom. The average molecular weight is 515 g/mol. The van der Waals surface area contributed by atoms with Crippen LogP contribution in [0.15, 0.2) is 76.3 Å². The molecule has 7 heteroatoms. The van der Waals surface area contributed by atoms with Gasteiger partial charge < -0.3 is 9.47 Å². The van der Waals surface area contributed by atoms with Crippen molar-refractivity contribution in [2.75, 3.05) is 12.5 Å². The number of hydrazone groups is 1. The maximum atomic E-state index is 9.65. The second kappa shape index (κ2) is 10.9. The van der Waals surface area contributed by atoms with Crippen molar-refractivity contribution in [3.63, 3.8) is 0 Å². The Morgan fingerprint density at radius 2 is 1.88 bits per heavy atom. The molecule has 4 rings (SSSR count). The molecule has 34 heavy (non-hydrogen) atoms. The number of pyridine rings is 1. The van der Waals surface area contributed by atoms with Crippen LogP contribution in [0.5, 0.6) is 5.75 Å². The molecule has 170 valence electrons.